The molecule has 1 aromatic carbocycles. The second-order valence-corrected chi connectivity index (χ2v) is 8.11. The molecule has 0 radical (unpaired) electrons. The molecule has 1 aromatic rings. The molecule has 2 amide bonds. The Labute approximate surface area is 189 Å². The Kier molecular flexibility index (Phi) is 10.3. The summed E-state index contributed by atoms with van der Waals surface area (Å²) in [5.41, 5.74) is 6.42. The summed E-state index contributed by atoms with van der Waals surface area (Å²) < 4.78 is 5.43. The van der Waals surface area contributed by atoms with Crippen molar-refractivity contribution in [2.75, 3.05) is 25.5 Å². The maximum Gasteiger partial charge on any atom is 0.242 e. The summed E-state index contributed by atoms with van der Waals surface area (Å²) in [5.74, 6) is -0.933. The average molecular weight is 446 g/mol. The molecule has 0 spiro atoms. The molecule has 6 N–H and O–H groups in total. The number of ether oxygens (including phenoxy) is 1. The molecule has 9 heteroatoms. The van der Waals surface area contributed by atoms with Gasteiger partial charge >= 0.3 is 0 Å². The Balaban J connectivity index is 1.96. The van der Waals surface area contributed by atoms with Crippen LogP contribution < -0.4 is 21.7 Å². The number of Topliss-reactive ketones (excluding diaryl/α,β-unsaturated/α-hetero) is 1. The van der Waals surface area contributed by atoms with Gasteiger partial charge in [-0.2, -0.15) is 0 Å². The number of para-hydroxylation sites is 1. The summed E-state index contributed by atoms with van der Waals surface area (Å²) in [5, 5.41) is 16.7. The third-order valence-electron chi connectivity index (χ3n) is 5.64. The summed E-state index contributed by atoms with van der Waals surface area (Å²) in [7, 11) is 1.68. The normalized spacial score (nSPS) is 19.0. The van der Waals surface area contributed by atoms with Gasteiger partial charge in [-0.1, -0.05) is 18.2 Å². The lowest BCUT2D eigenvalue weighted by atomic mass is 9.92. The molecule has 32 heavy (non-hydrogen) atoms. The molecular formula is C23H35N5O4. The van der Waals surface area contributed by atoms with E-state index in [2.05, 4.69) is 16.0 Å². The quantitative estimate of drug-likeness (QED) is 0.307. The van der Waals surface area contributed by atoms with Gasteiger partial charge < -0.3 is 26.4 Å². The van der Waals surface area contributed by atoms with Crippen LogP contribution in [0.4, 0.5) is 5.69 Å². The van der Waals surface area contributed by atoms with Crippen LogP contribution in [-0.4, -0.2) is 61.7 Å². The van der Waals surface area contributed by atoms with Gasteiger partial charge in [0.1, 0.15) is 11.8 Å². The van der Waals surface area contributed by atoms with Crippen LogP contribution in [0.3, 0.4) is 0 Å². The third-order valence-corrected chi connectivity index (χ3v) is 5.64. The van der Waals surface area contributed by atoms with Crippen molar-refractivity contribution in [2.45, 2.75) is 63.6 Å². The van der Waals surface area contributed by atoms with Gasteiger partial charge in [0, 0.05) is 31.3 Å². The van der Waals surface area contributed by atoms with Crippen molar-refractivity contribution in [3.05, 3.63) is 29.8 Å². The van der Waals surface area contributed by atoms with Crippen LogP contribution >= 0.6 is 0 Å². The first kappa shape index (κ1) is 25.5. The van der Waals surface area contributed by atoms with Crippen molar-refractivity contribution in [1.29, 1.82) is 5.41 Å². The van der Waals surface area contributed by atoms with Crippen molar-refractivity contribution in [1.82, 2.24) is 10.6 Å². The maximum absolute atomic E-state index is 12.8. The van der Waals surface area contributed by atoms with Crippen molar-refractivity contribution >= 4 is 29.0 Å². The summed E-state index contributed by atoms with van der Waals surface area (Å²) in [6, 6.07) is 6.19. The largest absolute Gasteiger partial charge is 0.381 e. The number of nitrogens with two attached hydrogens (primary N) is 1. The Bertz CT molecular complexity index is 813. The number of benzene rings is 1. The molecule has 0 saturated heterocycles. The third kappa shape index (κ3) is 7.72. The van der Waals surface area contributed by atoms with Gasteiger partial charge in [0.05, 0.1) is 12.6 Å². The molecule has 1 saturated carbocycles. The van der Waals surface area contributed by atoms with E-state index in [0.29, 0.717) is 30.6 Å². The molecule has 9 nitrogen and oxygen atoms in total. The van der Waals surface area contributed by atoms with E-state index < -0.39 is 6.04 Å². The second-order valence-electron chi connectivity index (χ2n) is 8.11. The highest BCUT2D eigenvalue weighted by Gasteiger charge is 2.27. The predicted molar refractivity (Wildman–Crippen MR) is 124 cm³/mol. The van der Waals surface area contributed by atoms with Gasteiger partial charge in [-0.3, -0.25) is 19.8 Å². The molecule has 0 aliphatic heterocycles. The van der Waals surface area contributed by atoms with E-state index in [1.54, 1.807) is 31.4 Å². The zero-order chi connectivity index (χ0) is 23.5. The molecule has 0 heterocycles. The molecule has 2 rings (SSSR count). The van der Waals surface area contributed by atoms with E-state index in [4.69, 9.17) is 15.9 Å². The molecule has 1 aliphatic rings. The van der Waals surface area contributed by atoms with Crippen LogP contribution in [-0.2, 0) is 19.1 Å². The van der Waals surface area contributed by atoms with Gasteiger partial charge in [-0.25, -0.2) is 0 Å². The topological polar surface area (TPSA) is 146 Å². The number of amides is 2. The lowest BCUT2D eigenvalue weighted by Crippen LogP contribution is -2.52. The zero-order valence-electron chi connectivity index (χ0n) is 18.9. The predicted octanol–water partition coefficient (Wildman–Crippen LogP) is 1.35. The van der Waals surface area contributed by atoms with E-state index >= 15 is 0 Å². The highest BCUT2D eigenvalue weighted by atomic mass is 16.5. The van der Waals surface area contributed by atoms with E-state index in [1.807, 2.05) is 0 Å². The molecule has 1 fully saturated rings. The summed E-state index contributed by atoms with van der Waals surface area (Å²) >= 11 is 0. The first-order valence-corrected chi connectivity index (χ1v) is 11.1. The van der Waals surface area contributed by atoms with Crippen LogP contribution in [0.25, 0.3) is 0 Å². The number of carbonyl (C=O) groups excluding carboxylic acids is 3. The number of nitrogens with one attached hydrogen (secondary N) is 4. The van der Waals surface area contributed by atoms with Crippen LogP contribution in [0.1, 0.15) is 51.0 Å². The lowest BCUT2D eigenvalue weighted by molar-refractivity contribution is -0.129. The number of methoxy groups -OCH3 is 1. The van der Waals surface area contributed by atoms with Gasteiger partial charge in [0.25, 0.3) is 0 Å². The fraction of sp³-hybridized carbons (Fsp3) is 0.565. The maximum atomic E-state index is 12.8. The van der Waals surface area contributed by atoms with Crippen molar-refractivity contribution in [3.8, 4) is 0 Å². The fourth-order valence-electron chi connectivity index (χ4n) is 3.85. The molecule has 0 aromatic heterocycles. The fourth-order valence-corrected chi connectivity index (χ4v) is 3.85. The van der Waals surface area contributed by atoms with Gasteiger partial charge in [0.15, 0.2) is 5.78 Å². The number of anilines is 1. The lowest BCUT2D eigenvalue weighted by Gasteiger charge is -2.30. The van der Waals surface area contributed by atoms with E-state index in [1.165, 1.54) is 6.92 Å². The van der Waals surface area contributed by atoms with Gasteiger partial charge in [0.2, 0.25) is 11.8 Å². The highest BCUT2D eigenvalue weighted by Crippen LogP contribution is 2.21. The monoisotopic (exact) mass is 445 g/mol. The first-order chi connectivity index (χ1) is 15.3. The average Bonchev–Trinajstić information content (AvgIpc) is 2.80. The first-order valence-electron chi connectivity index (χ1n) is 11.1. The Morgan fingerprint density at radius 1 is 1.25 bits per heavy atom. The van der Waals surface area contributed by atoms with Crippen molar-refractivity contribution < 1.29 is 19.1 Å². The second kappa shape index (κ2) is 12.9. The van der Waals surface area contributed by atoms with E-state index in [9.17, 15) is 14.4 Å². The number of rotatable bonds is 12. The highest BCUT2D eigenvalue weighted by molar-refractivity contribution is 6.45. The molecule has 1 aliphatic carbocycles. The van der Waals surface area contributed by atoms with Crippen LogP contribution in [0.15, 0.2) is 24.3 Å². The van der Waals surface area contributed by atoms with Gasteiger partial charge in [-0.15, -0.1) is 0 Å². The molecule has 176 valence electrons. The minimum absolute atomic E-state index is 0.0288. The van der Waals surface area contributed by atoms with Crippen molar-refractivity contribution in [3.63, 3.8) is 0 Å². The number of ketones is 1. The molecular weight excluding hydrogens is 410 g/mol. The smallest absolute Gasteiger partial charge is 0.242 e. The van der Waals surface area contributed by atoms with E-state index in [0.717, 1.165) is 25.7 Å². The molecule has 3 atom stereocenters. The minimum atomic E-state index is -0.679. The van der Waals surface area contributed by atoms with E-state index in [-0.39, 0.29) is 42.0 Å². The Hall–Kier alpha value is -2.78. The minimum Gasteiger partial charge on any atom is -0.381 e. The SMILES string of the molecule is CO[C@@H]1CCC[C@@H](NC(=O)[C@H](CCCN)NC(=O)CNc2ccccc2C(=N)C(C)=O)C1. The van der Waals surface area contributed by atoms with Crippen LogP contribution in [0.2, 0.25) is 0 Å². The van der Waals surface area contributed by atoms with Crippen molar-refractivity contribution in [2.24, 2.45) is 5.73 Å². The summed E-state index contributed by atoms with van der Waals surface area (Å²) in [6.07, 6.45) is 4.83. The number of hydrogen-bond donors (Lipinski definition) is 5. The molecule has 0 bridgehead atoms. The summed E-state index contributed by atoms with van der Waals surface area (Å²) in [4.78, 5) is 37.0. The molecule has 0 unspecified atom stereocenters. The standard InChI is InChI=1S/C23H35N5O4/c1-15(29)22(25)18-9-3-4-10-19(18)26-14-21(30)28-20(11-6-12-24)23(31)27-16-7-5-8-17(13-16)32-2/h3-4,9-10,16-17,20,25-26H,5-8,11-14,24H2,1-2H3,(H,27,31)(H,28,30)/t16-,17-,20+/m1/s1. The zero-order valence-corrected chi connectivity index (χ0v) is 18.9. The van der Waals surface area contributed by atoms with Crippen LogP contribution in [0.5, 0.6) is 0 Å². The Morgan fingerprint density at radius 2 is 2.00 bits per heavy atom. The number of carbonyl (C=O) groups is 3. The van der Waals surface area contributed by atoms with Gasteiger partial charge in [-0.05, 0) is 51.1 Å². The van der Waals surface area contributed by atoms with Crippen LogP contribution in [0, 0.1) is 5.41 Å². The Morgan fingerprint density at radius 3 is 2.69 bits per heavy atom. The summed E-state index contributed by atoms with van der Waals surface area (Å²) in [6.45, 7) is 1.66. The number of hydrogen-bond acceptors (Lipinski definition) is 7.